The highest BCUT2D eigenvalue weighted by atomic mass is 28.4. The quantitative estimate of drug-likeness (QED) is 0.173. The van der Waals surface area contributed by atoms with Crippen molar-refractivity contribution in [1.29, 1.82) is 0 Å². The lowest BCUT2D eigenvalue weighted by Crippen LogP contribution is -2.68. The zero-order valence-electron chi connectivity index (χ0n) is 22.9. The third kappa shape index (κ3) is 8.98. The molecule has 0 aromatic heterocycles. The van der Waals surface area contributed by atoms with Crippen LogP contribution < -0.4 is 10.4 Å². The van der Waals surface area contributed by atoms with E-state index in [1.807, 2.05) is 12.1 Å². The largest absolute Gasteiger partial charge is 0.401 e. The maximum Gasteiger partial charge on any atom is 0.389 e. The van der Waals surface area contributed by atoms with E-state index >= 15 is 0 Å². The third-order valence-electron chi connectivity index (χ3n) is 6.83. The van der Waals surface area contributed by atoms with Crippen molar-refractivity contribution >= 4 is 18.7 Å². The van der Waals surface area contributed by atoms with Crippen LogP contribution in [0.15, 0.2) is 60.7 Å². The van der Waals surface area contributed by atoms with Gasteiger partial charge in [-0.2, -0.15) is 13.2 Å². The standard InChI is InChI=1S/C31H41F3O3Si/c1-30(2,3)38(27-18-10-7-11-19-27,28-20-12-8-13-21-28)37-26(25-36-29-22-14-16-24-35-29)17-9-5-4-6-15-23-31(32,33)34/h7-8,10-13,18-21,26,29H,4,6,14-17,22-25H2,1-3H3/t26-,29?/m1/s1. The summed E-state index contributed by atoms with van der Waals surface area (Å²) in [4.78, 5) is 0. The van der Waals surface area contributed by atoms with Gasteiger partial charge in [-0.3, -0.25) is 0 Å². The van der Waals surface area contributed by atoms with Gasteiger partial charge < -0.3 is 13.9 Å². The molecule has 2 atom stereocenters. The van der Waals surface area contributed by atoms with E-state index in [-0.39, 0.29) is 23.9 Å². The summed E-state index contributed by atoms with van der Waals surface area (Å²) in [5.41, 5.74) is 0. The summed E-state index contributed by atoms with van der Waals surface area (Å²) < 4.78 is 56.5. The van der Waals surface area contributed by atoms with Crippen molar-refractivity contribution in [2.75, 3.05) is 13.2 Å². The lowest BCUT2D eigenvalue weighted by Gasteiger charge is -2.45. The van der Waals surface area contributed by atoms with E-state index in [2.05, 4.69) is 81.1 Å². The van der Waals surface area contributed by atoms with Crippen LogP contribution in [0.5, 0.6) is 0 Å². The summed E-state index contributed by atoms with van der Waals surface area (Å²) in [7, 11) is -2.81. The van der Waals surface area contributed by atoms with Gasteiger partial charge in [0, 0.05) is 25.9 Å². The highest BCUT2D eigenvalue weighted by Gasteiger charge is 2.51. The average Bonchev–Trinajstić information content (AvgIpc) is 2.89. The Morgan fingerprint density at radius 1 is 0.921 bits per heavy atom. The fraction of sp³-hybridized carbons (Fsp3) is 0.548. The van der Waals surface area contributed by atoms with Crippen LogP contribution in [-0.4, -0.2) is 40.1 Å². The summed E-state index contributed by atoms with van der Waals surface area (Å²) >= 11 is 0. The summed E-state index contributed by atoms with van der Waals surface area (Å²) in [5, 5.41) is 2.16. The van der Waals surface area contributed by atoms with Crippen molar-refractivity contribution in [3.8, 4) is 11.8 Å². The Bertz CT molecular complexity index is 964. The van der Waals surface area contributed by atoms with Gasteiger partial charge in [0.2, 0.25) is 0 Å². The summed E-state index contributed by atoms with van der Waals surface area (Å²) in [6.45, 7) is 7.73. The lowest BCUT2D eigenvalue weighted by molar-refractivity contribution is -0.173. The lowest BCUT2D eigenvalue weighted by atomic mass is 10.2. The summed E-state index contributed by atoms with van der Waals surface area (Å²) in [6, 6.07) is 20.8. The molecule has 0 amide bonds. The fourth-order valence-corrected chi connectivity index (χ4v) is 9.61. The first-order chi connectivity index (χ1) is 18.1. The minimum absolute atomic E-state index is 0.0995. The molecule has 1 heterocycles. The molecular formula is C31H41F3O3Si. The minimum atomic E-state index is -4.11. The van der Waals surface area contributed by atoms with Crippen LogP contribution in [-0.2, 0) is 13.9 Å². The van der Waals surface area contributed by atoms with Gasteiger partial charge in [-0.1, -0.05) is 81.4 Å². The van der Waals surface area contributed by atoms with Gasteiger partial charge in [0.1, 0.15) is 0 Å². The Labute approximate surface area is 227 Å². The molecule has 0 radical (unpaired) electrons. The monoisotopic (exact) mass is 546 g/mol. The van der Waals surface area contributed by atoms with Gasteiger partial charge >= 0.3 is 6.18 Å². The van der Waals surface area contributed by atoms with Crippen molar-refractivity contribution in [2.45, 2.75) is 95.7 Å². The second kappa shape index (κ2) is 14.3. The molecule has 0 bridgehead atoms. The van der Waals surface area contributed by atoms with Gasteiger partial charge in [-0.05, 0) is 47.5 Å². The highest BCUT2D eigenvalue weighted by molar-refractivity contribution is 6.99. The van der Waals surface area contributed by atoms with Crippen molar-refractivity contribution in [2.24, 2.45) is 0 Å². The molecule has 0 spiro atoms. The molecule has 2 aromatic carbocycles. The Morgan fingerprint density at radius 3 is 2.08 bits per heavy atom. The number of hydrogen-bond donors (Lipinski definition) is 0. The van der Waals surface area contributed by atoms with Crippen LogP contribution in [0.4, 0.5) is 13.2 Å². The Balaban J connectivity index is 1.85. The molecule has 3 rings (SSSR count). The van der Waals surface area contributed by atoms with E-state index in [0.717, 1.165) is 19.3 Å². The minimum Gasteiger partial charge on any atom is -0.401 e. The predicted molar refractivity (Wildman–Crippen MR) is 149 cm³/mol. The molecule has 1 saturated heterocycles. The number of alkyl halides is 3. The number of hydrogen-bond acceptors (Lipinski definition) is 3. The molecule has 7 heteroatoms. The van der Waals surface area contributed by atoms with Gasteiger partial charge in [-0.15, -0.1) is 11.8 Å². The molecular weight excluding hydrogens is 505 g/mol. The molecule has 0 N–H and O–H groups in total. The topological polar surface area (TPSA) is 27.7 Å². The van der Waals surface area contributed by atoms with E-state index < -0.39 is 20.9 Å². The number of ether oxygens (including phenoxy) is 2. The van der Waals surface area contributed by atoms with Gasteiger partial charge in [0.15, 0.2) is 6.29 Å². The fourth-order valence-electron chi connectivity index (χ4n) is 4.95. The third-order valence-corrected chi connectivity index (χ3v) is 11.9. The molecule has 208 valence electrons. The zero-order chi connectivity index (χ0) is 27.5. The summed E-state index contributed by atoms with van der Waals surface area (Å²) in [5.74, 6) is 6.27. The molecule has 1 fully saturated rings. The first-order valence-electron chi connectivity index (χ1n) is 13.7. The van der Waals surface area contributed by atoms with E-state index in [4.69, 9.17) is 13.9 Å². The Hall–Kier alpha value is -2.11. The van der Waals surface area contributed by atoms with Crippen LogP contribution in [0, 0.1) is 11.8 Å². The smallest absolute Gasteiger partial charge is 0.389 e. The van der Waals surface area contributed by atoms with E-state index in [1.165, 1.54) is 10.4 Å². The molecule has 3 nitrogen and oxygen atoms in total. The van der Waals surface area contributed by atoms with Crippen molar-refractivity contribution in [1.82, 2.24) is 0 Å². The number of halogens is 3. The second-order valence-electron chi connectivity index (χ2n) is 10.9. The number of unbranched alkanes of at least 4 members (excludes halogenated alkanes) is 2. The second-order valence-corrected chi connectivity index (χ2v) is 15.2. The zero-order valence-corrected chi connectivity index (χ0v) is 23.9. The van der Waals surface area contributed by atoms with Gasteiger partial charge in [-0.25, -0.2) is 0 Å². The Kier molecular flexibility index (Phi) is 11.5. The molecule has 0 aliphatic carbocycles. The van der Waals surface area contributed by atoms with E-state index in [1.54, 1.807) is 0 Å². The number of rotatable bonds is 11. The van der Waals surface area contributed by atoms with Crippen LogP contribution in [0.25, 0.3) is 0 Å². The summed E-state index contributed by atoms with van der Waals surface area (Å²) in [6.07, 6.45) is -1.04. The van der Waals surface area contributed by atoms with Gasteiger partial charge in [0.25, 0.3) is 8.32 Å². The molecule has 1 unspecified atom stereocenters. The first kappa shape index (κ1) is 30.4. The average molecular weight is 547 g/mol. The molecule has 0 saturated carbocycles. The van der Waals surface area contributed by atoms with Crippen LogP contribution in [0.1, 0.15) is 72.1 Å². The Morgan fingerprint density at radius 2 is 1.55 bits per heavy atom. The van der Waals surface area contributed by atoms with Crippen LogP contribution in [0.2, 0.25) is 5.04 Å². The molecule has 1 aliphatic rings. The normalized spacial score (nSPS) is 17.5. The van der Waals surface area contributed by atoms with Gasteiger partial charge in [0.05, 0.1) is 12.7 Å². The van der Waals surface area contributed by atoms with E-state index in [9.17, 15) is 13.2 Å². The predicted octanol–water partition coefficient (Wildman–Crippen LogP) is 6.99. The van der Waals surface area contributed by atoms with Crippen molar-refractivity contribution in [3.63, 3.8) is 0 Å². The molecule has 1 aliphatic heterocycles. The molecule has 2 aromatic rings. The maximum absolute atomic E-state index is 12.4. The van der Waals surface area contributed by atoms with Crippen LogP contribution in [0.3, 0.4) is 0 Å². The SMILES string of the molecule is CC(C)(C)[Si](O[C@H](CC#CCCCCC(F)(F)F)COC1CCCCO1)(c1ccccc1)c1ccccc1. The highest BCUT2D eigenvalue weighted by Crippen LogP contribution is 2.38. The molecule has 38 heavy (non-hydrogen) atoms. The number of benzene rings is 2. The van der Waals surface area contributed by atoms with Crippen LogP contribution >= 0.6 is 0 Å². The van der Waals surface area contributed by atoms with Crippen molar-refractivity contribution < 1.29 is 27.1 Å². The maximum atomic E-state index is 12.4. The van der Waals surface area contributed by atoms with Crippen molar-refractivity contribution in [3.05, 3.63) is 60.7 Å². The first-order valence-corrected chi connectivity index (χ1v) is 15.6. The van der Waals surface area contributed by atoms with E-state index in [0.29, 0.717) is 32.5 Å².